The van der Waals surface area contributed by atoms with Crippen molar-refractivity contribution < 1.29 is 9.53 Å². The molecular formula is C15H16BrN3O2. The zero-order chi connectivity index (χ0) is 14.7. The van der Waals surface area contributed by atoms with Gasteiger partial charge in [0.2, 0.25) is 0 Å². The minimum absolute atomic E-state index is 0.141. The molecule has 0 aliphatic carbocycles. The summed E-state index contributed by atoms with van der Waals surface area (Å²) in [5.41, 5.74) is 2.18. The molecular weight excluding hydrogens is 334 g/mol. The number of aromatic nitrogens is 2. The van der Waals surface area contributed by atoms with Crippen molar-refractivity contribution in [1.29, 1.82) is 0 Å². The van der Waals surface area contributed by atoms with E-state index in [0.717, 1.165) is 35.2 Å². The topological polar surface area (TPSA) is 67.0 Å². The van der Waals surface area contributed by atoms with E-state index in [4.69, 9.17) is 4.74 Å². The van der Waals surface area contributed by atoms with Crippen LogP contribution in [0.15, 0.2) is 34.8 Å². The van der Waals surface area contributed by atoms with Crippen LogP contribution in [0.4, 0.5) is 0 Å². The van der Waals surface area contributed by atoms with Gasteiger partial charge in [0.15, 0.2) is 0 Å². The number of carbonyl (C=O) groups is 1. The molecule has 1 aliphatic heterocycles. The summed E-state index contributed by atoms with van der Waals surface area (Å²) in [6, 6.07) is 9.55. The van der Waals surface area contributed by atoms with Crippen LogP contribution in [0.25, 0.3) is 11.3 Å². The van der Waals surface area contributed by atoms with Gasteiger partial charge in [-0.2, -0.15) is 5.10 Å². The molecule has 1 amide bonds. The number of H-pyrrole nitrogens is 1. The Balaban J connectivity index is 1.63. The van der Waals surface area contributed by atoms with Crippen LogP contribution in [-0.4, -0.2) is 35.4 Å². The first kappa shape index (κ1) is 14.3. The molecule has 0 bridgehead atoms. The molecule has 1 aromatic heterocycles. The van der Waals surface area contributed by atoms with Crippen molar-refractivity contribution in [3.63, 3.8) is 0 Å². The van der Waals surface area contributed by atoms with Gasteiger partial charge in [0.05, 0.1) is 11.8 Å². The van der Waals surface area contributed by atoms with Gasteiger partial charge >= 0.3 is 0 Å². The first-order chi connectivity index (χ1) is 10.2. The predicted molar refractivity (Wildman–Crippen MR) is 83.0 cm³/mol. The van der Waals surface area contributed by atoms with Crippen LogP contribution in [0.1, 0.15) is 23.3 Å². The molecule has 1 atom stereocenters. The average Bonchev–Trinajstić information content (AvgIpc) is 3.17. The van der Waals surface area contributed by atoms with Gasteiger partial charge in [0.1, 0.15) is 5.69 Å². The Morgan fingerprint density at radius 1 is 1.43 bits per heavy atom. The quantitative estimate of drug-likeness (QED) is 0.891. The summed E-state index contributed by atoms with van der Waals surface area (Å²) < 4.78 is 6.49. The standard InChI is InChI=1S/C15H16BrN3O2/c16-11-5-3-10(4-6-11)13-8-14(19-18-13)15(20)17-9-12-2-1-7-21-12/h3-6,8,12H,1-2,7,9H2,(H,17,20)(H,18,19)/t12-/m0/s1. The van der Waals surface area contributed by atoms with E-state index in [1.165, 1.54) is 0 Å². The van der Waals surface area contributed by atoms with E-state index in [0.29, 0.717) is 12.2 Å². The molecule has 0 radical (unpaired) electrons. The van der Waals surface area contributed by atoms with Gasteiger partial charge in [-0.3, -0.25) is 9.89 Å². The molecule has 0 saturated carbocycles. The van der Waals surface area contributed by atoms with Gasteiger partial charge in [0, 0.05) is 23.2 Å². The fourth-order valence-corrected chi connectivity index (χ4v) is 2.58. The Labute approximate surface area is 131 Å². The minimum atomic E-state index is -0.152. The summed E-state index contributed by atoms with van der Waals surface area (Å²) in [5.74, 6) is -0.152. The molecule has 0 spiro atoms. The summed E-state index contributed by atoms with van der Waals surface area (Å²) >= 11 is 3.39. The third-order valence-electron chi connectivity index (χ3n) is 3.48. The Bertz CT molecular complexity index is 618. The maximum Gasteiger partial charge on any atom is 0.269 e. The molecule has 1 aromatic carbocycles. The highest BCUT2D eigenvalue weighted by atomic mass is 79.9. The summed E-state index contributed by atoms with van der Waals surface area (Å²) in [7, 11) is 0. The third kappa shape index (κ3) is 3.51. The minimum Gasteiger partial charge on any atom is -0.376 e. The maximum absolute atomic E-state index is 12.1. The first-order valence-electron chi connectivity index (χ1n) is 6.93. The number of nitrogens with zero attached hydrogens (tertiary/aromatic N) is 1. The van der Waals surface area contributed by atoms with Crippen molar-refractivity contribution in [3.8, 4) is 11.3 Å². The highest BCUT2D eigenvalue weighted by Gasteiger charge is 2.17. The number of hydrogen-bond acceptors (Lipinski definition) is 3. The lowest BCUT2D eigenvalue weighted by Crippen LogP contribution is -2.31. The van der Waals surface area contributed by atoms with E-state index >= 15 is 0 Å². The van der Waals surface area contributed by atoms with Crippen molar-refractivity contribution >= 4 is 21.8 Å². The number of aromatic amines is 1. The van der Waals surface area contributed by atoms with Gasteiger partial charge < -0.3 is 10.1 Å². The van der Waals surface area contributed by atoms with Crippen molar-refractivity contribution in [1.82, 2.24) is 15.5 Å². The second-order valence-corrected chi connectivity index (χ2v) is 5.93. The van der Waals surface area contributed by atoms with Gasteiger partial charge in [-0.1, -0.05) is 28.1 Å². The molecule has 110 valence electrons. The Hall–Kier alpha value is -1.66. The number of carbonyl (C=O) groups excluding carboxylic acids is 1. The fraction of sp³-hybridized carbons (Fsp3) is 0.333. The van der Waals surface area contributed by atoms with E-state index in [1.54, 1.807) is 6.07 Å². The fourth-order valence-electron chi connectivity index (χ4n) is 2.31. The number of amides is 1. The van der Waals surface area contributed by atoms with Crippen LogP contribution in [0.2, 0.25) is 0 Å². The lowest BCUT2D eigenvalue weighted by atomic mass is 10.1. The average molecular weight is 350 g/mol. The Kier molecular flexibility index (Phi) is 4.36. The zero-order valence-electron chi connectivity index (χ0n) is 11.4. The van der Waals surface area contributed by atoms with E-state index in [2.05, 4.69) is 31.4 Å². The molecule has 0 unspecified atom stereocenters. The second-order valence-electron chi connectivity index (χ2n) is 5.02. The van der Waals surface area contributed by atoms with Crippen molar-refractivity contribution in [2.45, 2.75) is 18.9 Å². The predicted octanol–water partition coefficient (Wildman–Crippen LogP) is 2.75. The maximum atomic E-state index is 12.1. The smallest absolute Gasteiger partial charge is 0.269 e. The largest absolute Gasteiger partial charge is 0.376 e. The lowest BCUT2D eigenvalue weighted by Gasteiger charge is -2.09. The van der Waals surface area contributed by atoms with E-state index in [1.807, 2.05) is 24.3 Å². The molecule has 6 heteroatoms. The molecule has 1 saturated heterocycles. The molecule has 2 N–H and O–H groups in total. The van der Waals surface area contributed by atoms with Crippen LogP contribution in [0.3, 0.4) is 0 Å². The molecule has 1 aliphatic rings. The van der Waals surface area contributed by atoms with Crippen LogP contribution in [0.5, 0.6) is 0 Å². The molecule has 21 heavy (non-hydrogen) atoms. The number of hydrogen-bond donors (Lipinski definition) is 2. The van der Waals surface area contributed by atoms with Gasteiger partial charge in [-0.25, -0.2) is 0 Å². The summed E-state index contributed by atoms with van der Waals surface area (Å²) in [6.07, 6.45) is 2.22. The van der Waals surface area contributed by atoms with E-state index in [-0.39, 0.29) is 12.0 Å². The third-order valence-corrected chi connectivity index (χ3v) is 4.01. The van der Waals surface area contributed by atoms with Crippen molar-refractivity contribution in [2.24, 2.45) is 0 Å². The number of nitrogens with one attached hydrogen (secondary N) is 2. The van der Waals surface area contributed by atoms with E-state index in [9.17, 15) is 4.79 Å². The molecule has 2 heterocycles. The van der Waals surface area contributed by atoms with Crippen LogP contribution >= 0.6 is 15.9 Å². The number of rotatable bonds is 4. The van der Waals surface area contributed by atoms with Crippen LogP contribution in [-0.2, 0) is 4.74 Å². The molecule has 2 aromatic rings. The summed E-state index contributed by atoms with van der Waals surface area (Å²) in [4.78, 5) is 12.1. The van der Waals surface area contributed by atoms with Gasteiger partial charge in [-0.15, -0.1) is 0 Å². The van der Waals surface area contributed by atoms with Crippen molar-refractivity contribution in [2.75, 3.05) is 13.2 Å². The molecule has 5 nitrogen and oxygen atoms in total. The molecule has 1 fully saturated rings. The van der Waals surface area contributed by atoms with Crippen molar-refractivity contribution in [3.05, 3.63) is 40.5 Å². The van der Waals surface area contributed by atoms with E-state index < -0.39 is 0 Å². The highest BCUT2D eigenvalue weighted by Crippen LogP contribution is 2.20. The Morgan fingerprint density at radius 3 is 2.95 bits per heavy atom. The van der Waals surface area contributed by atoms with Crippen LogP contribution in [0, 0.1) is 0 Å². The Morgan fingerprint density at radius 2 is 2.24 bits per heavy atom. The second kappa shape index (κ2) is 6.41. The van der Waals surface area contributed by atoms with Gasteiger partial charge in [0.25, 0.3) is 5.91 Å². The summed E-state index contributed by atoms with van der Waals surface area (Å²) in [5, 5.41) is 9.84. The number of ether oxygens (including phenoxy) is 1. The van der Waals surface area contributed by atoms with Crippen LogP contribution < -0.4 is 5.32 Å². The highest BCUT2D eigenvalue weighted by molar-refractivity contribution is 9.10. The normalized spacial score (nSPS) is 17.9. The number of benzene rings is 1. The van der Waals surface area contributed by atoms with Gasteiger partial charge in [-0.05, 0) is 31.0 Å². The summed E-state index contributed by atoms with van der Waals surface area (Å²) in [6.45, 7) is 1.34. The lowest BCUT2D eigenvalue weighted by molar-refractivity contribution is 0.0853. The molecule has 3 rings (SSSR count). The SMILES string of the molecule is O=C(NC[C@@H]1CCCO1)c1cc(-c2ccc(Br)cc2)n[nH]1. The first-order valence-corrected chi connectivity index (χ1v) is 7.73. The number of halogens is 1. The monoisotopic (exact) mass is 349 g/mol. The zero-order valence-corrected chi connectivity index (χ0v) is 13.0.